The van der Waals surface area contributed by atoms with Gasteiger partial charge < -0.3 is 8.85 Å². The van der Waals surface area contributed by atoms with Crippen molar-refractivity contribution in [2.75, 3.05) is 0 Å². The van der Waals surface area contributed by atoms with Crippen molar-refractivity contribution < 1.29 is 8.85 Å². The topological polar surface area (TPSA) is 18.5 Å². The fraction of sp³-hybridized carbons (Fsp3) is 0.852. The molecule has 0 aromatic carbocycles. The molecular formula is C27H48O2Si2. The molecule has 2 nitrogen and oxygen atoms in total. The van der Waals surface area contributed by atoms with E-state index >= 15 is 0 Å². The summed E-state index contributed by atoms with van der Waals surface area (Å²) in [7, 11) is -3.13. The zero-order chi connectivity index (χ0) is 23.0. The second-order valence-electron chi connectivity index (χ2n) is 14.0. The molecule has 0 amide bonds. The van der Waals surface area contributed by atoms with Gasteiger partial charge in [0.2, 0.25) is 8.32 Å². The lowest BCUT2D eigenvalue weighted by atomic mass is 9.46. The fourth-order valence-corrected chi connectivity index (χ4v) is 10.8. The monoisotopic (exact) mass is 460 g/mol. The maximum absolute atomic E-state index is 6.97. The van der Waals surface area contributed by atoms with Crippen LogP contribution in [0.25, 0.3) is 0 Å². The average Bonchev–Trinajstić information content (AvgIpc) is 2.84. The molecule has 0 bridgehead atoms. The molecule has 2 fully saturated rings. The van der Waals surface area contributed by atoms with Gasteiger partial charge in [-0.05, 0) is 124 Å². The third kappa shape index (κ3) is 3.97. The molecule has 0 radical (unpaired) electrons. The van der Waals surface area contributed by atoms with Crippen molar-refractivity contribution in [1.82, 2.24) is 0 Å². The molecule has 0 aliphatic heterocycles. The van der Waals surface area contributed by atoms with Crippen molar-refractivity contribution in [3.05, 3.63) is 23.5 Å². The summed E-state index contributed by atoms with van der Waals surface area (Å²) in [6.07, 6.45) is 12.8. The molecule has 0 heterocycles. The van der Waals surface area contributed by atoms with Crippen molar-refractivity contribution in [1.29, 1.82) is 0 Å². The van der Waals surface area contributed by atoms with Crippen LogP contribution in [0.15, 0.2) is 23.5 Å². The Labute approximate surface area is 194 Å². The van der Waals surface area contributed by atoms with Crippen molar-refractivity contribution >= 4 is 16.6 Å². The van der Waals surface area contributed by atoms with Crippen LogP contribution in [-0.4, -0.2) is 22.2 Å². The van der Waals surface area contributed by atoms with Crippen LogP contribution in [0.5, 0.6) is 0 Å². The van der Waals surface area contributed by atoms with Gasteiger partial charge in [-0.25, -0.2) is 0 Å². The summed E-state index contributed by atoms with van der Waals surface area (Å²) in [5.74, 6) is 4.30. The van der Waals surface area contributed by atoms with E-state index in [-0.39, 0.29) is 5.60 Å². The van der Waals surface area contributed by atoms with Crippen molar-refractivity contribution in [2.24, 2.45) is 34.5 Å². The molecule has 0 aromatic rings. The third-order valence-electron chi connectivity index (χ3n) is 9.57. The first-order valence-corrected chi connectivity index (χ1v) is 19.7. The third-order valence-corrected chi connectivity index (χ3v) is 11.5. The highest BCUT2D eigenvalue weighted by atomic mass is 28.4. The summed E-state index contributed by atoms with van der Waals surface area (Å²) in [5.41, 5.74) is 2.29. The Morgan fingerprint density at radius 2 is 1.52 bits per heavy atom. The van der Waals surface area contributed by atoms with E-state index in [1.54, 1.807) is 5.57 Å². The van der Waals surface area contributed by atoms with Crippen LogP contribution in [-0.2, 0) is 8.85 Å². The normalized spacial score (nSPS) is 45.2. The minimum Gasteiger partial charge on any atom is -0.547 e. The minimum absolute atomic E-state index is 0.0581. The smallest absolute Gasteiger partial charge is 0.241 e. The van der Waals surface area contributed by atoms with E-state index < -0.39 is 16.6 Å². The van der Waals surface area contributed by atoms with E-state index in [1.807, 2.05) is 0 Å². The van der Waals surface area contributed by atoms with Gasteiger partial charge in [-0.15, -0.1) is 0 Å². The zero-order valence-electron chi connectivity index (χ0n) is 22.0. The van der Waals surface area contributed by atoms with E-state index in [9.17, 15) is 0 Å². The second-order valence-corrected chi connectivity index (χ2v) is 22.8. The van der Waals surface area contributed by atoms with Crippen molar-refractivity contribution in [3.8, 4) is 0 Å². The van der Waals surface area contributed by atoms with Crippen molar-refractivity contribution in [3.63, 3.8) is 0 Å². The van der Waals surface area contributed by atoms with Crippen LogP contribution in [0.3, 0.4) is 0 Å². The van der Waals surface area contributed by atoms with Crippen molar-refractivity contribution in [2.45, 2.75) is 111 Å². The van der Waals surface area contributed by atoms with Crippen LogP contribution in [0.1, 0.15) is 66.2 Å². The van der Waals surface area contributed by atoms with Gasteiger partial charge in [-0.1, -0.05) is 26.8 Å². The largest absolute Gasteiger partial charge is 0.547 e. The molecule has 31 heavy (non-hydrogen) atoms. The Hall–Kier alpha value is -0.326. The zero-order valence-corrected chi connectivity index (χ0v) is 24.0. The van der Waals surface area contributed by atoms with Crippen LogP contribution in [0, 0.1) is 34.5 Å². The Morgan fingerprint density at radius 3 is 2.13 bits per heavy atom. The molecule has 0 aromatic heterocycles. The number of fused-ring (bicyclic) bond motifs is 5. The van der Waals surface area contributed by atoms with Gasteiger partial charge in [-0.2, -0.15) is 0 Å². The standard InChI is InChI=1S/C27H48O2Si2/c1-19-17-20-18-21(28-30(5,6)7)11-14-25(20,2)22-12-15-26(3)23(24(19)22)13-16-27(26,4)29-31(8,9)10/h17-19,22-24H,11-16H2,1-10H3/t19?,22?,23?,24?,25?,26?,27-/m0/s1. The van der Waals surface area contributed by atoms with Gasteiger partial charge in [0.15, 0.2) is 8.32 Å². The van der Waals surface area contributed by atoms with E-state index in [0.29, 0.717) is 16.7 Å². The van der Waals surface area contributed by atoms with Crippen LogP contribution in [0.2, 0.25) is 39.3 Å². The fourth-order valence-electron chi connectivity index (χ4n) is 8.19. The molecular weight excluding hydrogens is 412 g/mol. The Balaban J connectivity index is 1.66. The Morgan fingerprint density at radius 1 is 0.871 bits per heavy atom. The Kier molecular flexibility index (Phi) is 5.64. The number of rotatable bonds is 4. The van der Waals surface area contributed by atoms with Gasteiger partial charge in [0.1, 0.15) is 0 Å². The minimum atomic E-state index is -1.58. The first-order valence-electron chi connectivity index (χ1n) is 12.9. The SMILES string of the molecule is CC1C=C2C=C(O[Si](C)(C)C)CCC2(C)C2CCC3(C)C(CC[C@]3(C)O[Si](C)(C)C)C12. The second kappa shape index (κ2) is 7.33. The molecule has 4 rings (SSSR count). The lowest BCUT2D eigenvalue weighted by Crippen LogP contribution is -2.57. The van der Waals surface area contributed by atoms with Gasteiger partial charge in [0, 0.05) is 6.42 Å². The molecule has 4 aliphatic carbocycles. The molecule has 0 N–H and O–H groups in total. The average molecular weight is 461 g/mol. The maximum atomic E-state index is 6.97. The molecule has 2 saturated carbocycles. The van der Waals surface area contributed by atoms with Crippen LogP contribution in [0.4, 0.5) is 0 Å². The van der Waals surface area contributed by atoms with E-state index in [4.69, 9.17) is 8.85 Å². The van der Waals surface area contributed by atoms with E-state index in [2.05, 4.69) is 79.1 Å². The van der Waals surface area contributed by atoms with Gasteiger partial charge in [0.25, 0.3) is 0 Å². The highest BCUT2D eigenvalue weighted by Crippen LogP contribution is 2.68. The molecule has 4 aliphatic rings. The number of allylic oxidation sites excluding steroid dienone is 4. The lowest BCUT2D eigenvalue weighted by molar-refractivity contribution is -0.111. The summed E-state index contributed by atoms with van der Waals surface area (Å²) >= 11 is 0. The lowest BCUT2D eigenvalue weighted by Gasteiger charge is -2.60. The first-order chi connectivity index (χ1) is 14.1. The molecule has 176 valence electrons. The molecule has 0 saturated heterocycles. The van der Waals surface area contributed by atoms with E-state index in [0.717, 1.165) is 24.2 Å². The van der Waals surface area contributed by atoms with Gasteiger partial charge in [0.05, 0.1) is 11.4 Å². The summed E-state index contributed by atoms with van der Waals surface area (Å²) in [4.78, 5) is 0. The highest BCUT2D eigenvalue weighted by Gasteiger charge is 2.64. The molecule has 6 unspecified atom stereocenters. The quantitative estimate of drug-likeness (QED) is 0.394. The predicted molar refractivity (Wildman–Crippen MR) is 137 cm³/mol. The van der Waals surface area contributed by atoms with E-state index in [1.165, 1.54) is 37.9 Å². The molecule has 0 spiro atoms. The molecule has 7 atom stereocenters. The highest BCUT2D eigenvalue weighted by molar-refractivity contribution is 6.70. The summed E-state index contributed by atoms with van der Waals surface area (Å²) in [5, 5.41) is 0. The summed E-state index contributed by atoms with van der Waals surface area (Å²) < 4.78 is 13.4. The predicted octanol–water partition coefficient (Wildman–Crippen LogP) is 8.15. The van der Waals surface area contributed by atoms with Gasteiger partial charge >= 0.3 is 0 Å². The number of hydrogen-bond acceptors (Lipinski definition) is 2. The van der Waals surface area contributed by atoms with Crippen LogP contribution < -0.4 is 0 Å². The van der Waals surface area contributed by atoms with Gasteiger partial charge in [-0.3, -0.25) is 0 Å². The first kappa shape index (κ1) is 23.8. The number of hydrogen-bond donors (Lipinski definition) is 0. The molecule has 4 heteroatoms. The summed E-state index contributed by atoms with van der Waals surface area (Å²) in [6, 6.07) is 0. The van der Waals surface area contributed by atoms with Crippen LogP contribution >= 0.6 is 0 Å². The summed E-state index contributed by atoms with van der Waals surface area (Å²) in [6.45, 7) is 24.2. The Bertz CT molecular complexity index is 788. The maximum Gasteiger partial charge on any atom is 0.241 e.